The molecule has 12 heteroatoms. The van der Waals surface area contributed by atoms with E-state index in [1.165, 1.54) is 26.6 Å². The number of benzene rings is 2. The molecule has 0 aliphatic carbocycles. The Labute approximate surface area is 203 Å². The van der Waals surface area contributed by atoms with E-state index in [9.17, 15) is 19.3 Å². The van der Waals surface area contributed by atoms with Crippen molar-refractivity contribution in [2.45, 2.75) is 12.5 Å². The van der Waals surface area contributed by atoms with Crippen molar-refractivity contribution in [2.75, 3.05) is 14.2 Å². The summed E-state index contributed by atoms with van der Waals surface area (Å²) in [5.74, 6) is -1.18. The number of methoxy groups -OCH3 is 2. The van der Waals surface area contributed by atoms with E-state index in [-0.39, 0.29) is 17.5 Å². The highest BCUT2D eigenvalue weighted by atomic mass is 35.5. The summed E-state index contributed by atoms with van der Waals surface area (Å²) in [5.41, 5.74) is 0.104. The molecule has 0 saturated carbocycles. The second-order valence-electron chi connectivity index (χ2n) is 6.77. The number of halogens is 3. The van der Waals surface area contributed by atoms with E-state index in [2.05, 4.69) is 4.98 Å². The Morgan fingerprint density at radius 2 is 1.74 bits per heavy atom. The van der Waals surface area contributed by atoms with E-state index in [1.54, 1.807) is 18.2 Å². The lowest BCUT2D eigenvalue weighted by atomic mass is 10.0. The largest absolute Gasteiger partial charge is 0.870 e. The van der Waals surface area contributed by atoms with Crippen LogP contribution in [0.5, 0.6) is 11.5 Å². The molecule has 0 fully saturated rings. The molecular formula is C22H19Cl2FN2O7. The average Bonchev–Trinajstić information content (AvgIpc) is 2.79. The van der Waals surface area contributed by atoms with Gasteiger partial charge in [-0.15, -0.1) is 0 Å². The van der Waals surface area contributed by atoms with Crippen LogP contribution in [0.15, 0.2) is 48.8 Å². The van der Waals surface area contributed by atoms with Gasteiger partial charge in [0.15, 0.2) is 23.9 Å². The van der Waals surface area contributed by atoms with Crippen molar-refractivity contribution in [3.8, 4) is 11.5 Å². The number of nitrogens with zero attached hydrogens (tertiary/aromatic N) is 1. The number of nitro groups is 1. The molecule has 2 aromatic carbocycles. The molecule has 0 bridgehead atoms. The van der Waals surface area contributed by atoms with Gasteiger partial charge in [-0.05, 0) is 29.8 Å². The maximum atomic E-state index is 14.0. The average molecular weight is 513 g/mol. The third kappa shape index (κ3) is 5.90. The Hall–Kier alpha value is -3.47. The molecule has 34 heavy (non-hydrogen) atoms. The topological polar surface area (TPSA) is 132 Å². The fraction of sp³-hybridized carbons (Fsp3) is 0.182. The zero-order chi connectivity index (χ0) is 24.1. The Morgan fingerprint density at radius 3 is 2.29 bits per heavy atom. The molecule has 9 nitrogen and oxygen atoms in total. The van der Waals surface area contributed by atoms with Gasteiger partial charge in [-0.1, -0.05) is 29.3 Å². The number of pyridine rings is 1. The van der Waals surface area contributed by atoms with Gasteiger partial charge in [0.05, 0.1) is 24.7 Å². The zero-order valence-electron chi connectivity index (χ0n) is 17.9. The van der Waals surface area contributed by atoms with Gasteiger partial charge >= 0.3 is 11.7 Å². The highest BCUT2D eigenvalue weighted by Gasteiger charge is 2.25. The number of ether oxygens (including phenoxy) is 3. The lowest BCUT2D eigenvalue weighted by Gasteiger charge is -2.20. The molecule has 0 aliphatic rings. The standard InChI is InChI=1S/C22H17Cl2FN2O6.H2O/c1-31-19-6-4-12(8-21(19)32-2)20(9-14-15(23)10-26-11-16(14)24)33-22(28)13-3-5-18(27(29)30)17(25)7-13;/h3-8,10-11,20H,9H2,1-2H3;1H2/t20-;/m0./s1. The van der Waals surface area contributed by atoms with Gasteiger partial charge in [-0.25, -0.2) is 9.78 Å². The van der Waals surface area contributed by atoms with E-state index in [1.807, 2.05) is 0 Å². The lowest BCUT2D eigenvalue weighted by molar-refractivity contribution is -0.387. The fourth-order valence-electron chi connectivity index (χ4n) is 3.12. The summed E-state index contributed by atoms with van der Waals surface area (Å²) >= 11 is 12.5. The summed E-state index contributed by atoms with van der Waals surface area (Å²) in [6.45, 7) is 0. The van der Waals surface area contributed by atoms with E-state index in [0.29, 0.717) is 32.7 Å². The molecule has 2 N–H and O–H groups in total. The number of hydrogen-bond acceptors (Lipinski definition) is 7. The van der Waals surface area contributed by atoms with Gasteiger partial charge in [0.2, 0.25) is 5.82 Å². The van der Waals surface area contributed by atoms with Crippen molar-refractivity contribution in [3.05, 3.63) is 91.5 Å². The molecule has 180 valence electrons. The first-order valence-electron chi connectivity index (χ1n) is 9.46. The third-order valence-corrected chi connectivity index (χ3v) is 5.47. The summed E-state index contributed by atoms with van der Waals surface area (Å²) in [6.07, 6.45) is 2.24. The van der Waals surface area contributed by atoms with Crippen LogP contribution in [0.25, 0.3) is 0 Å². The number of hydrogen-bond donors (Lipinski definition) is 0. The maximum Gasteiger partial charge on any atom is 0.338 e. The molecule has 0 spiro atoms. The van der Waals surface area contributed by atoms with Crippen LogP contribution in [-0.4, -0.2) is 30.6 Å². The summed E-state index contributed by atoms with van der Waals surface area (Å²) < 4.78 is 30.3. The second-order valence-corrected chi connectivity index (χ2v) is 7.58. The van der Waals surface area contributed by atoms with Gasteiger partial charge in [0.1, 0.15) is 16.1 Å². The van der Waals surface area contributed by atoms with Crippen molar-refractivity contribution in [2.24, 2.45) is 0 Å². The van der Waals surface area contributed by atoms with Gasteiger partial charge < -0.3 is 19.7 Å². The normalized spacial score (nSPS) is 11.2. The van der Waals surface area contributed by atoms with Crippen molar-refractivity contribution < 1.29 is 38.8 Å². The molecule has 0 amide bonds. The second kappa shape index (κ2) is 11.6. The molecule has 1 aromatic heterocycles. The van der Waals surface area contributed by atoms with Crippen LogP contribution in [-0.2, 0) is 11.2 Å². The zero-order valence-corrected chi connectivity index (χ0v) is 19.4. The SMILES string of the molecule is COc1ccc([C@H](Cc2c(Cl)c[nH+]cc2Cl)OC(=O)c2ccc([N+](=O)[O-])c(F)c2)cc1OC.[OH-]. The summed E-state index contributed by atoms with van der Waals surface area (Å²) in [6, 6.07) is 7.72. The highest BCUT2D eigenvalue weighted by molar-refractivity contribution is 6.35. The van der Waals surface area contributed by atoms with Crippen molar-refractivity contribution in [3.63, 3.8) is 0 Å². The van der Waals surface area contributed by atoms with E-state index in [4.69, 9.17) is 37.4 Å². The Bertz CT molecular complexity index is 1190. The van der Waals surface area contributed by atoms with Crippen molar-refractivity contribution >= 4 is 34.9 Å². The van der Waals surface area contributed by atoms with Crippen LogP contribution in [0.1, 0.15) is 27.6 Å². The van der Waals surface area contributed by atoms with Crippen LogP contribution in [0.4, 0.5) is 10.1 Å². The molecular weight excluding hydrogens is 494 g/mol. The predicted molar refractivity (Wildman–Crippen MR) is 119 cm³/mol. The number of carbonyl (C=O) groups excluding carboxylic acids is 1. The summed E-state index contributed by atoms with van der Waals surface area (Å²) in [7, 11) is 2.95. The fourth-order valence-corrected chi connectivity index (χ4v) is 3.65. The van der Waals surface area contributed by atoms with Crippen LogP contribution in [0.2, 0.25) is 10.0 Å². The number of esters is 1. The summed E-state index contributed by atoms with van der Waals surface area (Å²) in [5, 5.41) is 11.5. The monoisotopic (exact) mass is 512 g/mol. The highest BCUT2D eigenvalue weighted by Crippen LogP contribution is 2.35. The molecule has 0 unspecified atom stereocenters. The summed E-state index contributed by atoms with van der Waals surface area (Å²) in [4.78, 5) is 25.6. The number of nitrogens with one attached hydrogen (secondary N) is 1. The number of rotatable bonds is 8. The van der Waals surface area contributed by atoms with Crippen molar-refractivity contribution in [1.29, 1.82) is 0 Å². The minimum Gasteiger partial charge on any atom is -0.870 e. The van der Waals surface area contributed by atoms with E-state index < -0.39 is 28.5 Å². The van der Waals surface area contributed by atoms with E-state index in [0.717, 1.165) is 18.2 Å². The molecule has 1 heterocycles. The first kappa shape index (κ1) is 26.8. The molecule has 3 rings (SSSR count). The number of aromatic nitrogens is 1. The van der Waals surface area contributed by atoms with Gasteiger partial charge in [-0.2, -0.15) is 4.39 Å². The number of nitro benzene ring substituents is 1. The molecule has 3 aromatic rings. The molecule has 1 atom stereocenters. The molecule has 0 saturated heterocycles. The third-order valence-electron chi connectivity index (χ3n) is 4.79. The first-order chi connectivity index (χ1) is 15.7. The van der Waals surface area contributed by atoms with Crippen molar-refractivity contribution in [1.82, 2.24) is 0 Å². The van der Waals surface area contributed by atoms with Crippen LogP contribution in [0, 0.1) is 15.9 Å². The predicted octanol–water partition coefficient (Wildman–Crippen LogP) is 4.84. The maximum absolute atomic E-state index is 14.0. The van der Waals surface area contributed by atoms with Gasteiger partial charge in [0.25, 0.3) is 0 Å². The number of aromatic amines is 1. The number of carbonyl (C=O) groups is 1. The Balaban J connectivity index is 0.00000408. The van der Waals surface area contributed by atoms with Gasteiger partial charge in [0, 0.05) is 18.1 Å². The quantitative estimate of drug-likeness (QED) is 0.239. The Morgan fingerprint density at radius 1 is 1.09 bits per heavy atom. The number of H-pyrrole nitrogens is 1. The van der Waals surface area contributed by atoms with Crippen LogP contribution in [0.3, 0.4) is 0 Å². The lowest BCUT2D eigenvalue weighted by Crippen LogP contribution is -2.16. The minimum atomic E-state index is -1.15. The van der Waals surface area contributed by atoms with Crippen LogP contribution < -0.4 is 14.5 Å². The van der Waals surface area contributed by atoms with Gasteiger partial charge in [-0.3, -0.25) is 10.1 Å². The smallest absolute Gasteiger partial charge is 0.338 e. The van der Waals surface area contributed by atoms with E-state index >= 15 is 0 Å². The Kier molecular flexibility index (Phi) is 9.13. The molecule has 0 radical (unpaired) electrons. The minimum absolute atomic E-state index is 0. The van der Waals surface area contributed by atoms with Crippen LogP contribution >= 0.6 is 23.2 Å². The first-order valence-corrected chi connectivity index (χ1v) is 10.2. The molecule has 0 aliphatic heterocycles.